The van der Waals surface area contributed by atoms with Crippen LogP contribution in [0.1, 0.15) is 32.0 Å². The molecular formula is C10H13BrFN. The van der Waals surface area contributed by atoms with Gasteiger partial charge in [-0.05, 0) is 28.3 Å². The molecule has 0 unspecified atom stereocenters. The van der Waals surface area contributed by atoms with Crippen molar-refractivity contribution in [2.45, 2.75) is 33.1 Å². The first-order chi connectivity index (χ1) is 5.82. The average molecular weight is 246 g/mol. The second-order valence-electron chi connectivity index (χ2n) is 4.14. The fourth-order valence-electron chi connectivity index (χ4n) is 1.50. The van der Waals surface area contributed by atoms with Crippen LogP contribution in [0.15, 0.2) is 10.7 Å². The summed E-state index contributed by atoms with van der Waals surface area (Å²) in [5, 5.41) is 0. The summed E-state index contributed by atoms with van der Waals surface area (Å²) in [7, 11) is 0. The van der Waals surface area contributed by atoms with E-state index in [2.05, 4.69) is 20.9 Å². The van der Waals surface area contributed by atoms with Crippen molar-refractivity contribution in [1.29, 1.82) is 0 Å². The van der Waals surface area contributed by atoms with Gasteiger partial charge in [0.05, 0.1) is 0 Å². The van der Waals surface area contributed by atoms with Gasteiger partial charge in [0.2, 0.25) is 0 Å². The Kier molecular flexibility index (Phi) is 2.76. The molecule has 0 spiro atoms. The standard InChI is InChI=1S/C10H13BrFN/c1-6-9(10(2,3)4)7(12)5-8(11)13-6/h5H,1-4H3. The third-order valence-corrected chi connectivity index (χ3v) is 2.28. The molecule has 0 bridgehead atoms. The summed E-state index contributed by atoms with van der Waals surface area (Å²) in [4.78, 5) is 4.18. The minimum Gasteiger partial charge on any atom is -0.246 e. The summed E-state index contributed by atoms with van der Waals surface area (Å²) in [5.74, 6) is -0.188. The lowest BCUT2D eigenvalue weighted by molar-refractivity contribution is 0.514. The molecule has 1 aromatic rings. The van der Waals surface area contributed by atoms with E-state index in [0.717, 1.165) is 5.69 Å². The molecule has 0 amide bonds. The van der Waals surface area contributed by atoms with Gasteiger partial charge in [0.15, 0.2) is 0 Å². The van der Waals surface area contributed by atoms with Crippen LogP contribution in [-0.4, -0.2) is 4.98 Å². The second-order valence-corrected chi connectivity index (χ2v) is 4.95. The molecule has 0 aliphatic rings. The number of hydrogen-bond acceptors (Lipinski definition) is 1. The molecule has 0 N–H and O–H groups in total. The van der Waals surface area contributed by atoms with Crippen LogP contribution in [0.4, 0.5) is 4.39 Å². The van der Waals surface area contributed by atoms with Crippen LogP contribution in [0.25, 0.3) is 0 Å². The van der Waals surface area contributed by atoms with Gasteiger partial charge in [-0.15, -0.1) is 0 Å². The van der Waals surface area contributed by atoms with E-state index < -0.39 is 0 Å². The minimum atomic E-state index is -0.193. The maximum Gasteiger partial charge on any atom is 0.131 e. The maximum atomic E-state index is 13.5. The Bertz CT molecular complexity index is 305. The largest absolute Gasteiger partial charge is 0.246 e. The van der Waals surface area contributed by atoms with E-state index in [1.807, 2.05) is 27.7 Å². The maximum absolute atomic E-state index is 13.5. The van der Waals surface area contributed by atoms with Gasteiger partial charge in [-0.1, -0.05) is 20.8 Å². The summed E-state index contributed by atoms with van der Waals surface area (Å²) in [6.07, 6.45) is 0. The molecule has 1 nitrogen and oxygen atoms in total. The first kappa shape index (κ1) is 10.6. The van der Waals surface area contributed by atoms with Gasteiger partial charge < -0.3 is 0 Å². The number of halogens is 2. The highest BCUT2D eigenvalue weighted by molar-refractivity contribution is 9.10. The van der Waals surface area contributed by atoms with Crippen LogP contribution in [-0.2, 0) is 5.41 Å². The van der Waals surface area contributed by atoms with Crippen LogP contribution in [0.5, 0.6) is 0 Å². The van der Waals surface area contributed by atoms with Crippen molar-refractivity contribution in [3.05, 3.63) is 27.7 Å². The fraction of sp³-hybridized carbons (Fsp3) is 0.500. The van der Waals surface area contributed by atoms with Crippen molar-refractivity contribution in [1.82, 2.24) is 4.98 Å². The first-order valence-electron chi connectivity index (χ1n) is 4.15. The van der Waals surface area contributed by atoms with Crippen LogP contribution >= 0.6 is 15.9 Å². The average Bonchev–Trinajstić information content (AvgIpc) is 1.78. The molecule has 1 rings (SSSR count). The summed E-state index contributed by atoms with van der Waals surface area (Å²) < 4.78 is 14.1. The van der Waals surface area contributed by atoms with Gasteiger partial charge >= 0.3 is 0 Å². The number of aryl methyl sites for hydroxylation is 1. The van der Waals surface area contributed by atoms with Gasteiger partial charge in [-0.2, -0.15) is 0 Å². The highest BCUT2D eigenvalue weighted by atomic mass is 79.9. The zero-order valence-corrected chi connectivity index (χ0v) is 9.87. The van der Waals surface area contributed by atoms with Crippen molar-refractivity contribution >= 4 is 15.9 Å². The Hall–Kier alpha value is -0.440. The van der Waals surface area contributed by atoms with Gasteiger partial charge in [-0.25, -0.2) is 9.37 Å². The molecule has 0 aliphatic heterocycles. The normalized spacial score (nSPS) is 11.8. The lowest BCUT2D eigenvalue weighted by Crippen LogP contribution is -2.16. The molecule has 0 radical (unpaired) electrons. The van der Waals surface area contributed by atoms with Gasteiger partial charge in [0.25, 0.3) is 0 Å². The quantitative estimate of drug-likeness (QED) is 0.637. The van der Waals surface area contributed by atoms with E-state index in [0.29, 0.717) is 10.2 Å². The minimum absolute atomic E-state index is 0.188. The summed E-state index contributed by atoms with van der Waals surface area (Å²) >= 11 is 3.16. The Morgan fingerprint density at radius 1 is 1.38 bits per heavy atom. The van der Waals surface area contributed by atoms with E-state index in [-0.39, 0.29) is 11.2 Å². The summed E-state index contributed by atoms with van der Waals surface area (Å²) in [6.45, 7) is 7.77. The van der Waals surface area contributed by atoms with E-state index in [4.69, 9.17) is 0 Å². The zero-order chi connectivity index (χ0) is 10.2. The second kappa shape index (κ2) is 3.37. The lowest BCUT2D eigenvalue weighted by atomic mass is 9.86. The molecule has 0 saturated carbocycles. The molecule has 0 fully saturated rings. The highest BCUT2D eigenvalue weighted by Crippen LogP contribution is 2.28. The Morgan fingerprint density at radius 3 is 2.31 bits per heavy atom. The third-order valence-electron chi connectivity index (χ3n) is 1.87. The topological polar surface area (TPSA) is 12.9 Å². The molecular weight excluding hydrogens is 233 g/mol. The third kappa shape index (κ3) is 2.27. The van der Waals surface area contributed by atoms with Gasteiger partial charge in [0, 0.05) is 17.3 Å². The molecule has 0 saturated heterocycles. The number of aromatic nitrogens is 1. The monoisotopic (exact) mass is 245 g/mol. The van der Waals surface area contributed by atoms with E-state index >= 15 is 0 Å². The predicted molar refractivity (Wildman–Crippen MR) is 55.3 cm³/mol. The van der Waals surface area contributed by atoms with Crippen molar-refractivity contribution in [3.8, 4) is 0 Å². The Labute approximate surface area is 86.5 Å². The molecule has 72 valence electrons. The van der Waals surface area contributed by atoms with Crippen LogP contribution < -0.4 is 0 Å². The van der Waals surface area contributed by atoms with Crippen LogP contribution in [0.3, 0.4) is 0 Å². The predicted octanol–water partition coefficient (Wildman–Crippen LogP) is 3.59. The van der Waals surface area contributed by atoms with Crippen LogP contribution in [0.2, 0.25) is 0 Å². The smallest absolute Gasteiger partial charge is 0.131 e. The summed E-state index contributed by atoms with van der Waals surface area (Å²) in [5.41, 5.74) is 1.25. The molecule has 3 heteroatoms. The molecule has 1 heterocycles. The summed E-state index contributed by atoms with van der Waals surface area (Å²) in [6, 6.07) is 1.41. The zero-order valence-electron chi connectivity index (χ0n) is 8.28. The number of pyridine rings is 1. The number of hydrogen-bond donors (Lipinski definition) is 0. The van der Waals surface area contributed by atoms with Gasteiger partial charge in [0.1, 0.15) is 10.4 Å². The molecule has 13 heavy (non-hydrogen) atoms. The molecule has 1 aromatic heterocycles. The van der Waals surface area contributed by atoms with E-state index in [9.17, 15) is 4.39 Å². The van der Waals surface area contributed by atoms with Crippen molar-refractivity contribution in [2.75, 3.05) is 0 Å². The van der Waals surface area contributed by atoms with E-state index in [1.165, 1.54) is 6.07 Å². The number of rotatable bonds is 0. The van der Waals surface area contributed by atoms with Crippen molar-refractivity contribution in [3.63, 3.8) is 0 Å². The lowest BCUT2D eigenvalue weighted by Gasteiger charge is -2.21. The van der Waals surface area contributed by atoms with Crippen molar-refractivity contribution < 1.29 is 4.39 Å². The Morgan fingerprint density at radius 2 is 1.92 bits per heavy atom. The number of nitrogens with zero attached hydrogens (tertiary/aromatic N) is 1. The van der Waals surface area contributed by atoms with Crippen molar-refractivity contribution in [2.24, 2.45) is 0 Å². The molecule has 0 aliphatic carbocycles. The van der Waals surface area contributed by atoms with Gasteiger partial charge in [-0.3, -0.25) is 0 Å². The first-order valence-corrected chi connectivity index (χ1v) is 4.95. The van der Waals surface area contributed by atoms with Crippen LogP contribution in [0, 0.1) is 12.7 Å². The highest BCUT2D eigenvalue weighted by Gasteiger charge is 2.21. The Balaban J connectivity index is 3.38. The van der Waals surface area contributed by atoms with E-state index in [1.54, 1.807) is 0 Å². The molecule has 0 atom stereocenters. The SMILES string of the molecule is Cc1nc(Br)cc(F)c1C(C)(C)C. The molecule has 0 aromatic carbocycles. The fourth-order valence-corrected chi connectivity index (χ4v) is 1.97.